The van der Waals surface area contributed by atoms with Gasteiger partial charge in [-0.05, 0) is 55.7 Å². The number of ether oxygens (including phenoxy) is 1. The molecule has 3 unspecified atom stereocenters. The number of carbonyl (C=O) groups excluding carboxylic acids is 1. The minimum atomic E-state index is -0.0158. The molecule has 3 heteroatoms. The van der Waals surface area contributed by atoms with Gasteiger partial charge in [0.25, 0.3) is 0 Å². The van der Waals surface area contributed by atoms with Crippen molar-refractivity contribution in [1.82, 2.24) is 0 Å². The maximum absolute atomic E-state index is 11.4. The molecule has 0 aliphatic heterocycles. The van der Waals surface area contributed by atoms with Gasteiger partial charge < -0.3 is 4.74 Å². The fourth-order valence-electron chi connectivity index (χ4n) is 3.28. The molecule has 1 aromatic carbocycles. The molecule has 1 aromatic rings. The lowest BCUT2D eigenvalue weighted by Gasteiger charge is -2.37. The van der Waals surface area contributed by atoms with Gasteiger partial charge in [-0.1, -0.05) is 38.8 Å². The van der Waals surface area contributed by atoms with Gasteiger partial charge in [0, 0.05) is 5.56 Å². The highest BCUT2D eigenvalue weighted by molar-refractivity contribution is 6.34. The number of hydrogen-bond donors (Lipinski definition) is 0. The predicted molar refractivity (Wildman–Crippen MR) is 87.2 cm³/mol. The Labute approximate surface area is 132 Å². The lowest BCUT2D eigenvalue weighted by Crippen LogP contribution is -2.36. The largest absolute Gasteiger partial charge is 0.490 e. The molecule has 21 heavy (non-hydrogen) atoms. The lowest BCUT2D eigenvalue weighted by molar-refractivity contribution is 0.0460. The molecule has 3 atom stereocenters. The quantitative estimate of drug-likeness (QED) is 0.698. The molecule has 1 saturated carbocycles. The highest BCUT2D eigenvalue weighted by atomic mass is 35.5. The number of hydrogen-bond acceptors (Lipinski definition) is 2. The number of carbonyl (C=O) groups is 1. The van der Waals surface area contributed by atoms with Crippen LogP contribution in [0.3, 0.4) is 0 Å². The normalized spacial score (nSPS) is 25.9. The van der Waals surface area contributed by atoms with E-state index in [1.165, 1.54) is 19.8 Å². The average molecular weight is 309 g/mol. The number of Topliss-reactive ketones (excluding diaryl/α,β-unsaturated/α-hetero) is 1. The van der Waals surface area contributed by atoms with E-state index in [1.54, 1.807) is 12.1 Å². The Balaban J connectivity index is 2.15. The zero-order valence-electron chi connectivity index (χ0n) is 13.4. The van der Waals surface area contributed by atoms with E-state index in [-0.39, 0.29) is 11.9 Å². The minimum Gasteiger partial charge on any atom is -0.490 e. The van der Waals surface area contributed by atoms with Crippen LogP contribution in [0.4, 0.5) is 0 Å². The molecule has 2 rings (SSSR count). The lowest BCUT2D eigenvalue weighted by atomic mass is 9.75. The van der Waals surface area contributed by atoms with Crippen LogP contribution in [-0.4, -0.2) is 11.9 Å². The molecule has 0 saturated heterocycles. The Kier molecular flexibility index (Phi) is 5.32. The van der Waals surface area contributed by atoms with E-state index in [0.29, 0.717) is 28.3 Å². The summed E-state index contributed by atoms with van der Waals surface area (Å²) in [5.74, 6) is 2.67. The average Bonchev–Trinajstić information content (AvgIpc) is 2.37. The van der Waals surface area contributed by atoms with Crippen LogP contribution in [0.25, 0.3) is 0 Å². The second-order valence-corrected chi connectivity index (χ2v) is 7.09. The molecule has 116 valence electrons. The van der Waals surface area contributed by atoms with Gasteiger partial charge in [0.05, 0.1) is 5.02 Å². The first kappa shape index (κ1) is 16.4. The zero-order valence-corrected chi connectivity index (χ0v) is 14.1. The second-order valence-electron chi connectivity index (χ2n) is 6.68. The van der Waals surface area contributed by atoms with E-state index in [1.807, 2.05) is 6.07 Å². The first-order chi connectivity index (χ1) is 9.88. The predicted octanol–water partition coefficient (Wildman–Crippen LogP) is 5.38. The van der Waals surface area contributed by atoms with Crippen LogP contribution in [0.1, 0.15) is 57.3 Å². The molecule has 0 radical (unpaired) electrons. The summed E-state index contributed by atoms with van der Waals surface area (Å²) in [5, 5.41) is 0.477. The first-order valence-electron chi connectivity index (χ1n) is 7.85. The molecular weight excluding hydrogens is 284 g/mol. The fourth-order valence-corrected chi connectivity index (χ4v) is 3.58. The molecule has 0 N–H and O–H groups in total. The van der Waals surface area contributed by atoms with Gasteiger partial charge in [-0.25, -0.2) is 0 Å². The molecule has 1 aliphatic rings. The topological polar surface area (TPSA) is 26.3 Å². The summed E-state index contributed by atoms with van der Waals surface area (Å²) < 4.78 is 6.22. The summed E-state index contributed by atoms with van der Waals surface area (Å²) in [6, 6.07) is 5.39. The van der Waals surface area contributed by atoms with Crippen LogP contribution >= 0.6 is 11.6 Å². The Morgan fingerprint density at radius 2 is 2.05 bits per heavy atom. The number of benzene rings is 1. The van der Waals surface area contributed by atoms with E-state index >= 15 is 0 Å². The number of rotatable bonds is 4. The molecule has 0 spiro atoms. The molecule has 2 nitrogen and oxygen atoms in total. The second kappa shape index (κ2) is 6.83. The van der Waals surface area contributed by atoms with Crippen LogP contribution in [-0.2, 0) is 0 Å². The molecular formula is C18H25ClO2. The van der Waals surface area contributed by atoms with E-state index < -0.39 is 0 Å². The number of ketones is 1. The van der Waals surface area contributed by atoms with Gasteiger partial charge >= 0.3 is 0 Å². The van der Waals surface area contributed by atoms with E-state index in [2.05, 4.69) is 20.8 Å². The third-order valence-electron chi connectivity index (χ3n) is 4.57. The van der Waals surface area contributed by atoms with Crippen LogP contribution in [0.2, 0.25) is 5.02 Å². The molecule has 0 bridgehead atoms. The summed E-state index contributed by atoms with van der Waals surface area (Å²) in [6.07, 6.45) is 3.85. The Bertz CT molecular complexity index is 510. The van der Waals surface area contributed by atoms with Gasteiger partial charge in [-0.3, -0.25) is 4.79 Å². The first-order valence-corrected chi connectivity index (χ1v) is 8.23. The van der Waals surface area contributed by atoms with Crippen molar-refractivity contribution in [2.45, 2.75) is 53.1 Å². The van der Waals surface area contributed by atoms with Gasteiger partial charge in [-0.2, -0.15) is 0 Å². The molecule has 0 aromatic heterocycles. The molecule has 0 amide bonds. The monoisotopic (exact) mass is 308 g/mol. The van der Waals surface area contributed by atoms with Crippen molar-refractivity contribution >= 4 is 17.4 Å². The minimum absolute atomic E-state index is 0.0158. The van der Waals surface area contributed by atoms with Crippen molar-refractivity contribution in [3.05, 3.63) is 28.8 Å². The standard InChI is InChI=1S/C18H25ClO2/c1-11(2)15-7-5-12(3)9-18(15)21-14-6-8-16(13(4)20)17(19)10-14/h6,8,10-12,15,18H,5,7,9H2,1-4H3. The Morgan fingerprint density at radius 1 is 1.33 bits per heavy atom. The van der Waals surface area contributed by atoms with Crippen LogP contribution in [0, 0.1) is 17.8 Å². The number of halogens is 1. The highest BCUT2D eigenvalue weighted by Crippen LogP contribution is 2.36. The van der Waals surface area contributed by atoms with Gasteiger partial charge in [0.2, 0.25) is 0 Å². The summed E-state index contributed by atoms with van der Waals surface area (Å²) in [5.41, 5.74) is 0.557. The molecule has 1 fully saturated rings. The van der Waals surface area contributed by atoms with Crippen LogP contribution in [0.5, 0.6) is 5.75 Å². The highest BCUT2D eigenvalue weighted by Gasteiger charge is 2.32. The SMILES string of the molecule is CC(=O)c1ccc(OC2CC(C)CCC2C(C)C)cc1Cl. The fraction of sp³-hybridized carbons (Fsp3) is 0.611. The Morgan fingerprint density at radius 3 is 2.62 bits per heavy atom. The van der Waals surface area contributed by atoms with Gasteiger partial charge in [0.1, 0.15) is 11.9 Å². The third-order valence-corrected chi connectivity index (χ3v) is 4.88. The van der Waals surface area contributed by atoms with Gasteiger partial charge in [0.15, 0.2) is 5.78 Å². The van der Waals surface area contributed by atoms with E-state index in [4.69, 9.17) is 16.3 Å². The zero-order chi connectivity index (χ0) is 15.6. The van der Waals surface area contributed by atoms with Crippen molar-refractivity contribution in [2.75, 3.05) is 0 Å². The van der Waals surface area contributed by atoms with Crippen molar-refractivity contribution < 1.29 is 9.53 Å². The van der Waals surface area contributed by atoms with Crippen molar-refractivity contribution in [2.24, 2.45) is 17.8 Å². The molecule has 1 aliphatic carbocycles. The van der Waals surface area contributed by atoms with E-state index in [0.717, 1.165) is 12.2 Å². The smallest absolute Gasteiger partial charge is 0.161 e. The summed E-state index contributed by atoms with van der Waals surface area (Å²) in [6.45, 7) is 8.35. The molecule has 0 heterocycles. The summed E-state index contributed by atoms with van der Waals surface area (Å²) in [7, 11) is 0. The van der Waals surface area contributed by atoms with Crippen molar-refractivity contribution in [1.29, 1.82) is 0 Å². The maximum atomic E-state index is 11.4. The van der Waals surface area contributed by atoms with Gasteiger partial charge in [-0.15, -0.1) is 0 Å². The Hall–Kier alpha value is -1.02. The maximum Gasteiger partial charge on any atom is 0.161 e. The van der Waals surface area contributed by atoms with Crippen molar-refractivity contribution in [3.8, 4) is 5.75 Å². The third kappa shape index (κ3) is 4.00. The van der Waals surface area contributed by atoms with Crippen molar-refractivity contribution in [3.63, 3.8) is 0 Å². The van der Waals surface area contributed by atoms with Crippen LogP contribution < -0.4 is 4.74 Å². The summed E-state index contributed by atoms with van der Waals surface area (Å²) in [4.78, 5) is 11.4. The van der Waals surface area contributed by atoms with E-state index in [9.17, 15) is 4.79 Å². The summed E-state index contributed by atoms with van der Waals surface area (Å²) >= 11 is 6.17. The van der Waals surface area contributed by atoms with Crippen LogP contribution in [0.15, 0.2) is 18.2 Å².